The zero-order valence-corrected chi connectivity index (χ0v) is 11.2. The third kappa shape index (κ3) is 4.65. The number of para-hydroxylation sites is 1. The van der Waals surface area contributed by atoms with Gasteiger partial charge in [0.2, 0.25) is 5.91 Å². The van der Waals surface area contributed by atoms with Crippen molar-refractivity contribution in [2.45, 2.75) is 12.8 Å². The highest BCUT2D eigenvalue weighted by Crippen LogP contribution is 2.13. The standard InChI is InChI=1S/C16H18N2O2/c17-13-8-10-15(11-9-13)20-12-4-7-16(19)18-14-5-2-1-3-6-14/h1-3,5-6,8-11H,4,7,12,17H2,(H,18,19). The Morgan fingerprint density at radius 1 is 1.05 bits per heavy atom. The Balaban J connectivity index is 1.66. The molecule has 0 unspecified atom stereocenters. The van der Waals surface area contributed by atoms with E-state index in [1.54, 1.807) is 12.1 Å². The van der Waals surface area contributed by atoms with Gasteiger partial charge < -0.3 is 15.8 Å². The number of amides is 1. The predicted octanol–water partition coefficient (Wildman–Crippen LogP) is 3.07. The van der Waals surface area contributed by atoms with E-state index < -0.39 is 0 Å². The van der Waals surface area contributed by atoms with Crippen molar-refractivity contribution in [3.05, 3.63) is 54.6 Å². The Labute approximate surface area is 118 Å². The van der Waals surface area contributed by atoms with Crippen molar-refractivity contribution in [3.8, 4) is 5.75 Å². The zero-order valence-electron chi connectivity index (χ0n) is 11.2. The first-order valence-corrected chi connectivity index (χ1v) is 6.57. The van der Waals surface area contributed by atoms with Crippen LogP contribution in [0.15, 0.2) is 54.6 Å². The topological polar surface area (TPSA) is 64.3 Å². The van der Waals surface area contributed by atoms with Gasteiger partial charge in [0.1, 0.15) is 5.75 Å². The Hall–Kier alpha value is -2.49. The fourth-order valence-electron chi connectivity index (χ4n) is 1.73. The lowest BCUT2D eigenvalue weighted by molar-refractivity contribution is -0.116. The maximum absolute atomic E-state index is 11.7. The normalized spacial score (nSPS) is 10.0. The van der Waals surface area contributed by atoms with Gasteiger partial charge in [-0.05, 0) is 42.8 Å². The summed E-state index contributed by atoms with van der Waals surface area (Å²) in [7, 11) is 0. The van der Waals surface area contributed by atoms with Crippen LogP contribution in [-0.4, -0.2) is 12.5 Å². The largest absolute Gasteiger partial charge is 0.494 e. The summed E-state index contributed by atoms with van der Waals surface area (Å²) in [6, 6.07) is 16.6. The molecule has 0 fully saturated rings. The van der Waals surface area contributed by atoms with Crippen LogP contribution in [0.2, 0.25) is 0 Å². The fraction of sp³-hybridized carbons (Fsp3) is 0.188. The van der Waals surface area contributed by atoms with E-state index in [0.29, 0.717) is 25.1 Å². The minimum Gasteiger partial charge on any atom is -0.494 e. The summed E-state index contributed by atoms with van der Waals surface area (Å²) < 4.78 is 5.53. The van der Waals surface area contributed by atoms with E-state index in [2.05, 4.69) is 5.32 Å². The summed E-state index contributed by atoms with van der Waals surface area (Å²) in [6.07, 6.45) is 1.10. The van der Waals surface area contributed by atoms with Crippen molar-refractivity contribution in [1.82, 2.24) is 0 Å². The number of nitrogen functional groups attached to an aromatic ring is 1. The van der Waals surface area contributed by atoms with Gasteiger partial charge >= 0.3 is 0 Å². The molecule has 0 saturated carbocycles. The summed E-state index contributed by atoms with van der Waals surface area (Å²) in [5.74, 6) is 0.764. The van der Waals surface area contributed by atoms with Gasteiger partial charge in [-0.25, -0.2) is 0 Å². The molecular weight excluding hydrogens is 252 g/mol. The number of hydrogen-bond donors (Lipinski definition) is 2. The number of carbonyl (C=O) groups excluding carboxylic acids is 1. The van der Waals surface area contributed by atoms with Crippen LogP contribution in [-0.2, 0) is 4.79 Å². The van der Waals surface area contributed by atoms with Crippen LogP contribution in [0.3, 0.4) is 0 Å². The summed E-state index contributed by atoms with van der Waals surface area (Å²) in [5, 5.41) is 2.84. The minimum atomic E-state index is -0.00268. The van der Waals surface area contributed by atoms with E-state index in [1.165, 1.54) is 0 Å². The van der Waals surface area contributed by atoms with Crippen molar-refractivity contribution in [2.75, 3.05) is 17.7 Å². The summed E-state index contributed by atoms with van der Waals surface area (Å²) in [4.78, 5) is 11.7. The maximum atomic E-state index is 11.7. The van der Waals surface area contributed by atoms with Crippen LogP contribution < -0.4 is 15.8 Å². The van der Waals surface area contributed by atoms with E-state index in [9.17, 15) is 4.79 Å². The second-order valence-electron chi connectivity index (χ2n) is 4.44. The molecule has 0 aliphatic carbocycles. The maximum Gasteiger partial charge on any atom is 0.224 e. The SMILES string of the molecule is Nc1ccc(OCCCC(=O)Nc2ccccc2)cc1. The molecule has 3 N–H and O–H groups in total. The number of hydrogen-bond acceptors (Lipinski definition) is 3. The zero-order chi connectivity index (χ0) is 14.2. The van der Waals surface area contributed by atoms with Gasteiger partial charge in [0.05, 0.1) is 6.61 Å². The summed E-state index contributed by atoms with van der Waals surface area (Å²) >= 11 is 0. The van der Waals surface area contributed by atoms with Gasteiger partial charge in [-0.15, -0.1) is 0 Å². The van der Waals surface area contributed by atoms with Gasteiger partial charge in [0, 0.05) is 17.8 Å². The smallest absolute Gasteiger partial charge is 0.224 e. The van der Waals surface area contributed by atoms with Crippen molar-refractivity contribution in [3.63, 3.8) is 0 Å². The van der Waals surface area contributed by atoms with Gasteiger partial charge in [-0.1, -0.05) is 18.2 Å². The number of ether oxygens (including phenoxy) is 1. The van der Waals surface area contributed by atoms with Gasteiger partial charge in [0.25, 0.3) is 0 Å². The van der Waals surface area contributed by atoms with Crippen molar-refractivity contribution < 1.29 is 9.53 Å². The Kier molecular flexibility index (Phi) is 5.00. The number of carbonyl (C=O) groups is 1. The highest BCUT2D eigenvalue weighted by Gasteiger charge is 2.02. The molecule has 0 saturated heterocycles. The third-order valence-corrected chi connectivity index (χ3v) is 2.75. The van der Waals surface area contributed by atoms with Crippen molar-refractivity contribution in [1.29, 1.82) is 0 Å². The molecule has 0 aliphatic rings. The fourth-order valence-corrected chi connectivity index (χ4v) is 1.73. The number of nitrogens with two attached hydrogens (primary N) is 1. The number of benzene rings is 2. The Morgan fingerprint density at radius 3 is 2.45 bits per heavy atom. The highest BCUT2D eigenvalue weighted by molar-refractivity contribution is 5.90. The first-order chi connectivity index (χ1) is 9.74. The molecule has 0 radical (unpaired) electrons. The lowest BCUT2D eigenvalue weighted by Crippen LogP contribution is -2.12. The number of anilines is 2. The van der Waals surface area contributed by atoms with E-state index in [-0.39, 0.29) is 5.91 Å². The van der Waals surface area contributed by atoms with E-state index in [4.69, 9.17) is 10.5 Å². The summed E-state index contributed by atoms with van der Waals surface area (Å²) in [6.45, 7) is 0.506. The Morgan fingerprint density at radius 2 is 1.75 bits per heavy atom. The molecule has 0 spiro atoms. The molecule has 2 aromatic rings. The molecule has 4 heteroatoms. The first-order valence-electron chi connectivity index (χ1n) is 6.57. The third-order valence-electron chi connectivity index (χ3n) is 2.75. The average Bonchev–Trinajstić information content (AvgIpc) is 2.46. The molecule has 20 heavy (non-hydrogen) atoms. The van der Waals surface area contributed by atoms with Crippen LogP contribution in [0.4, 0.5) is 11.4 Å². The number of rotatable bonds is 6. The lowest BCUT2D eigenvalue weighted by atomic mass is 10.2. The quantitative estimate of drug-likeness (QED) is 0.626. The number of nitrogens with one attached hydrogen (secondary N) is 1. The van der Waals surface area contributed by atoms with Crippen LogP contribution in [0, 0.1) is 0 Å². The predicted molar refractivity (Wildman–Crippen MR) is 80.7 cm³/mol. The van der Waals surface area contributed by atoms with Crippen molar-refractivity contribution in [2.24, 2.45) is 0 Å². The molecular formula is C16H18N2O2. The van der Waals surface area contributed by atoms with Gasteiger partial charge in [-0.2, -0.15) is 0 Å². The molecule has 4 nitrogen and oxygen atoms in total. The van der Waals surface area contributed by atoms with Crippen LogP contribution in [0.25, 0.3) is 0 Å². The van der Waals surface area contributed by atoms with Crippen LogP contribution in [0.1, 0.15) is 12.8 Å². The van der Waals surface area contributed by atoms with Crippen LogP contribution in [0.5, 0.6) is 5.75 Å². The first kappa shape index (κ1) is 13.9. The second kappa shape index (κ2) is 7.19. The summed E-state index contributed by atoms with van der Waals surface area (Å²) in [5.41, 5.74) is 7.11. The van der Waals surface area contributed by atoms with E-state index in [1.807, 2.05) is 42.5 Å². The molecule has 0 heterocycles. The van der Waals surface area contributed by atoms with Crippen molar-refractivity contribution >= 4 is 17.3 Å². The molecule has 104 valence electrons. The monoisotopic (exact) mass is 270 g/mol. The molecule has 0 bridgehead atoms. The molecule has 2 aromatic carbocycles. The molecule has 0 aliphatic heterocycles. The lowest BCUT2D eigenvalue weighted by Gasteiger charge is -2.07. The van der Waals surface area contributed by atoms with E-state index >= 15 is 0 Å². The minimum absolute atomic E-state index is 0.00268. The van der Waals surface area contributed by atoms with Crippen LogP contribution >= 0.6 is 0 Å². The highest BCUT2D eigenvalue weighted by atomic mass is 16.5. The second-order valence-corrected chi connectivity index (χ2v) is 4.44. The molecule has 0 atom stereocenters. The molecule has 1 amide bonds. The molecule has 0 aromatic heterocycles. The molecule has 2 rings (SSSR count). The Bertz CT molecular complexity index is 538. The van der Waals surface area contributed by atoms with Gasteiger partial charge in [0.15, 0.2) is 0 Å². The average molecular weight is 270 g/mol. The van der Waals surface area contributed by atoms with E-state index in [0.717, 1.165) is 11.4 Å². The van der Waals surface area contributed by atoms with Gasteiger partial charge in [-0.3, -0.25) is 4.79 Å².